The maximum atomic E-state index is 9.68. The molecule has 2 heteroatoms. The largest absolute Gasteiger partial charge is 0.390 e. The first-order valence-corrected chi connectivity index (χ1v) is 3.99. The normalized spacial score (nSPS) is 23.4. The lowest BCUT2D eigenvalue weighted by Gasteiger charge is -2.30. The molecule has 0 bridgehead atoms. The molecule has 62 valence electrons. The summed E-state index contributed by atoms with van der Waals surface area (Å²) >= 11 is 0. The van der Waals surface area contributed by atoms with Crippen molar-refractivity contribution in [3.8, 4) is 0 Å². The SMILES string of the molecule is CCC1(O)CCCCC1.Cl. The van der Waals surface area contributed by atoms with E-state index in [-0.39, 0.29) is 18.0 Å². The van der Waals surface area contributed by atoms with Crippen molar-refractivity contribution in [2.75, 3.05) is 0 Å². The standard InChI is InChI=1S/C8H16O.ClH/c1-2-8(9)6-4-3-5-7-8;/h9H,2-7H2,1H3;1H. The van der Waals surface area contributed by atoms with Crippen molar-refractivity contribution in [2.45, 2.75) is 51.0 Å². The van der Waals surface area contributed by atoms with Crippen LogP contribution in [0.15, 0.2) is 0 Å². The Morgan fingerprint density at radius 1 is 1.20 bits per heavy atom. The first-order chi connectivity index (χ1) is 4.27. The van der Waals surface area contributed by atoms with Gasteiger partial charge in [0.05, 0.1) is 5.60 Å². The number of hydrogen-bond donors (Lipinski definition) is 1. The van der Waals surface area contributed by atoms with Crippen LogP contribution in [0.2, 0.25) is 0 Å². The third kappa shape index (κ3) is 2.47. The third-order valence-corrected chi connectivity index (χ3v) is 2.44. The molecular formula is C8H17ClO. The minimum Gasteiger partial charge on any atom is -0.390 e. The van der Waals surface area contributed by atoms with Crippen LogP contribution >= 0.6 is 12.4 Å². The molecule has 1 rings (SSSR count). The van der Waals surface area contributed by atoms with E-state index in [1.54, 1.807) is 0 Å². The third-order valence-electron chi connectivity index (χ3n) is 2.44. The summed E-state index contributed by atoms with van der Waals surface area (Å²) < 4.78 is 0. The second-order valence-electron chi connectivity index (χ2n) is 3.14. The predicted octanol–water partition coefficient (Wildman–Crippen LogP) is 2.51. The van der Waals surface area contributed by atoms with Crippen LogP contribution < -0.4 is 0 Å². The molecule has 1 aliphatic rings. The summed E-state index contributed by atoms with van der Waals surface area (Å²) in [6, 6.07) is 0. The quantitative estimate of drug-likeness (QED) is 0.632. The van der Waals surface area contributed by atoms with E-state index >= 15 is 0 Å². The van der Waals surface area contributed by atoms with Gasteiger partial charge in [-0.05, 0) is 19.3 Å². The molecule has 0 heterocycles. The Kier molecular flexibility index (Phi) is 4.30. The van der Waals surface area contributed by atoms with Crippen molar-refractivity contribution >= 4 is 12.4 Å². The fourth-order valence-corrected chi connectivity index (χ4v) is 1.56. The Labute approximate surface area is 69.2 Å². The Hall–Kier alpha value is 0.250. The van der Waals surface area contributed by atoms with E-state index < -0.39 is 0 Å². The first-order valence-electron chi connectivity index (χ1n) is 3.99. The van der Waals surface area contributed by atoms with E-state index in [0.717, 1.165) is 19.3 Å². The molecule has 10 heavy (non-hydrogen) atoms. The van der Waals surface area contributed by atoms with Gasteiger partial charge in [-0.3, -0.25) is 0 Å². The summed E-state index contributed by atoms with van der Waals surface area (Å²) in [5, 5.41) is 9.68. The molecule has 0 aromatic carbocycles. The highest BCUT2D eigenvalue weighted by Gasteiger charge is 2.26. The lowest BCUT2D eigenvalue weighted by atomic mass is 9.83. The molecule has 1 saturated carbocycles. The molecule has 1 aliphatic carbocycles. The van der Waals surface area contributed by atoms with Gasteiger partial charge in [0.1, 0.15) is 0 Å². The van der Waals surface area contributed by atoms with Crippen molar-refractivity contribution in [1.82, 2.24) is 0 Å². The predicted molar refractivity (Wildman–Crippen MR) is 45.6 cm³/mol. The van der Waals surface area contributed by atoms with Crippen molar-refractivity contribution in [2.24, 2.45) is 0 Å². The van der Waals surface area contributed by atoms with Crippen LogP contribution in [0.4, 0.5) is 0 Å². The fraction of sp³-hybridized carbons (Fsp3) is 1.00. The van der Waals surface area contributed by atoms with Crippen molar-refractivity contribution in [1.29, 1.82) is 0 Å². The van der Waals surface area contributed by atoms with Gasteiger partial charge in [-0.25, -0.2) is 0 Å². The topological polar surface area (TPSA) is 20.2 Å². The van der Waals surface area contributed by atoms with Gasteiger partial charge in [0.2, 0.25) is 0 Å². The highest BCUT2D eigenvalue weighted by Crippen LogP contribution is 2.30. The zero-order valence-electron chi connectivity index (χ0n) is 6.60. The average molecular weight is 165 g/mol. The van der Waals surface area contributed by atoms with E-state index in [1.807, 2.05) is 0 Å². The Bertz CT molecular complexity index is 87.3. The lowest BCUT2D eigenvalue weighted by Crippen LogP contribution is -2.29. The summed E-state index contributed by atoms with van der Waals surface area (Å²) in [5.74, 6) is 0. The molecule has 1 fully saturated rings. The van der Waals surface area contributed by atoms with Gasteiger partial charge >= 0.3 is 0 Å². The zero-order chi connectivity index (χ0) is 6.74. The molecule has 0 radical (unpaired) electrons. The fourth-order valence-electron chi connectivity index (χ4n) is 1.56. The van der Waals surface area contributed by atoms with Gasteiger partial charge in [-0.2, -0.15) is 0 Å². The van der Waals surface area contributed by atoms with Crippen molar-refractivity contribution in [3.05, 3.63) is 0 Å². The summed E-state index contributed by atoms with van der Waals surface area (Å²) in [7, 11) is 0. The number of aliphatic hydroxyl groups is 1. The molecule has 0 aliphatic heterocycles. The van der Waals surface area contributed by atoms with Crippen LogP contribution in [0.3, 0.4) is 0 Å². The minimum absolute atomic E-state index is 0. The van der Waals surface area contributed by atoms with Crippen LogP contribution in [-0.2, 0) is 0 Å². The maximum Gasteiger partial charge on any atom is 0.0645 e. The number of hydrogen-bond acceptors (Lipinski definition) is 1. The molecule has 1 nitrogen and oxygen atoms in total. The molecule has 0 aromatic rings. The van der Waals surface area contributed by atoms with E-state index in [4.69, 9.17) is 0 Å². The summed E-state index contributed by atoms with van der Waals surface area (Å²) in [6.45, 7) is 2.07. The van der Waals surface area contributed by atoms with Crippen LogP contribution in [0.25, 0.3) is 0 Å². The molecule has 0 aromatic heterocycles. The number of rotatable bonds is 1. The molecule has 1 N–H and O–H groups in total. The Morgan fingerprint density at radius 3 is 2.00 bits per heavy atom. The minimum atomic E-state index is -0.280. The molecule has 0 unspecified atom stereocenters. The second-order valence-corrected chi connectivity index (χ2v) is 3.14. The van der Waals surface area contributed by atoms with Gasteiger partial charge in [-0.1, -0.05) is 26.2 Å². The Balaban J connectivity index is 0.000000810. The highest BCUT2D eigenvalue weighted by atomic mass is 35.5. The van der Waals surface area contributed by atoms with Gasteiger partial charge < -0.3 is 5.11 Å². The zero-order valence-corrected chi connectivity index (χ0v) is 7.41. The summed E-state index contributed by atoms with van der Waals surface area (Å²) in [5.41, 5.74) is -0.280. The van der Waals surface area contributed by atoms with E-state index in [9.17, 15) is 5.11 Å². The van der Waals surface area contributed by atoms with Crippen LogP contribution in [0.5, 0.6) is 0 Å². The van der Waals surface area contributed by atoms with Gasteiger partial charge in [0, 0.05) is 0 Å². The van der Waals surface area contributed by atoms with E-state index in [1.165, 1.54) is 19.3 Å². The number of halogens is 1. The summed E-state index contributed by atoms with van der Waals surface area (Å²) in [6.07, 6.45) is 6.77. The summed E-state index contributed by atoms with van der Waals surface area (Å²) in [4.78, 5) is 0. The van der Waals surface area contributed by atoms with Crippen molar-refractivity contribution < 1.29 is 5.11 Å². The molecular weight excluding hydrogens is 148 g/mol. The Morgan fingerprint density at radius 2 is 1.70 bits per heavy atom. The van der Waals surface area contributed by atoms with Gasteiger partial charge in [-0.15, -0.1) is 12.4 Å². The first kappa shape index (κ1) is 10.2. The van der Waals surface area contributed by atoms with Crippen LogP contribution in [-0.4, -0.2) is 10.7 Å². The van der Waals surface area contributed by atoms with Gasteiger partial charge in [0.15, 0.2) is 0 Å². The molecule has 0 saturated heterocycles. The smallest absolute Gasteiger partial charge is 0.0645 e. The average Bonchev–Trinajstić information content (AvgIpc) is 1.90. The van der Waals surface area contributed by atoms with Crippen LogP contribution in [0, 0.1) is 0 Å². The highest BCUT2D eigenvalue weighted by molar-refractivity contribution is 5.85. The lowest BCUT2D eigenvalue weighted by molar-refractivity contribution is 0.000673. The second kappa shape index (κ2) is 4.20. The maximum absolute atomic E-state index is 9.68. The van der Waals surface area contributed by atoms with E-state index in [2.05, 4.69) is 6.92 Å². The van der Waals surface area contributed by atoms with Crippen molar-refractivity contribution in [3.63, 3.8) is 0 Å². The van der Waals surface area contributed by atoms with E-state index in [0.29, 0.717) is 0 Å². The molecule has 0 amide bonds. The molecule has 0 atom stereocenters. The monoisotopic (exact) mass is 164 g/mol. The molecule has 0 spiro atoms. The van der Waals surface area contributed by atoms with Gasteiger partial charge in [0.25, 0.3) is 0 Å². The van der Waals surface area contributed by atoms with Crippen LogP contribution in [0.1, 0.15) is 45.4 Å².